The van der Waals surface area contributed by atoms with Gasteiger partial charge in [0.15, 0.2) is 6.61 Å². The number of carbonyl (C=O) groups is 2. The fourth-order valence-electron chi connectivity index (χ4n) is 2.53. The van der Waals surface area contributed by atoms with Crippen molar-refractivity contribution >= 4 is 29.0 Å². The molecule has 2 amide bonds. The summed E-state index contributed by atoms with van der Waals surface area (Å²) in [6, 6.07) is 5.60. The summed E-state index contributed by atoms with van der Waals surface area (Å²) in [5.74, 6) is -0.100. The van der Waals surface area contributed by atoms with Gasteiger partial charge in [0.05, 0.1) is 16.3 Å². The zero-order chi connectivity index (χ0) is 18.1. The normalized spacial score (nSPS) is 13.2. The first-order valence-electron chi connectivity index (χ1n) is 7.37. The summed E-state index contributed by atoms with van der Waals surface area (Å²) >= 11 is 0. The lowest BCUT2D eigenvalue weighted by Crippen LogP contribution is -2.43. The Labute approximate surface area is 142 Å². The largest absolute Gasteiger partial charge is 0.482 e. The number of nitro groups is 1. The van der Waals surface area contributed by atoms with Crippen molar-refractivity contribution in [3.63, 3.8) is 0 Å². The second kappa shape index (κ2) is 6.23. The first kappa shape index (κ1) is 16.4. The summed E-state index contributed by atoms with van der Waals surface area (Å²) in [5.41, 5.74) is 0.743. The minimum absolute atomic E-state index is 0.190. The third-order valence-electron chi connectivity index (χ3n) is 3.67. The predicted octanol–water partition coefficient (Wildman–Crippen LogP) is 1.00. The fourth-order valence-corrected chi connectivity index (χ4v) is 2.53. The zero-order valence-corrected chi connectivity index (χ0v) is 13.6. The summed E-state index contributed by atoms with van der Waals surface area (Å²) in [7, 11) is 1.68. The van der Waals surface area contributed by atoms with Gasteiger partial charge in [-0.25, -0.2) is 0 Å². The molecule has 3 rings (SSSR count). The topological polar surface area (TPSA) is 120 Å². The molecule has 1 aromatic heterocycles. The lowest BCUT2D eigenvalue weighted by atomic mass is 10.2. The molecule has 130 valence electrons. The average Bonchev–Trinajstić information content (AvgIpc) is 2.87. The number of hydrogen-bond donors (Lipinski definition) is 1. The molecule has 1 aliphatic heterocycles. The minimum Gasteiger partial charge on any atom is -0.482 e. The number of benzene rings is 1. The Kier molecular flexibility index (Phi) is 4.09. The number of aromatic nitrogens is 2. The van der Waals surface area contributed by atoms with Gasteiger partial charge in [0.2, 0.25) is 5.91 Å². The molecule has 10 nitrogen and oxygen atoms in total. The van der Waals surface area contributed by atoms with Gasteiger partial charge in [-0.15, -0.1) is 0 Å². The smallest absolute Gasteiger partial charge is 0.271 e. The Bertz CT molecular complexity index is 875. The van der Waals surface area contributed by atoms with Crippen LogP contribution in [0.1, 0.15) is 5.69 Å². The lowest BCUT2D eigenvalue weighted by molar-refractivity contribution is -0.384. The molecule has 1 aliphatic rings. The highest BCUT2D eigenvalue weighted by atomic mass is 16.6. The number of non-ortho nitro benzene ring substituents is 1. The van der Waals surface area contributed by atoms with Gasteiger partial charge in [-0.05, 0) is 13.0 Å². The average molecular weight is 345 g/mol. The van der Waals surface area contributed by atoms with Gasteiger partial charge < -0.3 is 10.1 Å². The molecule has 2 aromatic rings. The van der Waals surface area contributed by atoms with Crippen molar-refractivity contribution in [2.75, 3.05) is 23.4 Å². The number of anilines is 2. The van der Waals surface area contributed by atoms with Gasteiger partial charge in [0.1, 0.15) is 18.1 Å². The third-order valence-corrected chi connectivity index (χ3v) is 3.67. The third kappa shape index (κ3) is 3.27. The zero-order valence-electron chi connectivity index (χ0n) is 13.6. The van der Waals surface area contributed by atoms with Crippen LogP contribution in [-0.2, 0) is 16.6 Å². The van der Waals surface area contributed by atoms with Crippen LogP contribution in [0.15, 0.2) is 24.3 Å². The number of aryl methyl sites for hydroxylation is 2. The highest BCUT2D eigenvalue weighted by Crippen LogP contribution is 2.35. The van der Waals surface area contributed by atoms with Crippen LogP contribution in [0.2, 0.25) is 0 Å². The molecule has 1 aromatic carbocycles. The van der Waals surface area contributed by atoms with E-state index in [0.29, 0.717) is 11.6 Å². The first-order chi connectivity index (χ1) is 11.8. The van der Waals surface area contributed by atoms with Crippen LogP contribution < -0.4 is 15.0 Å². The van der Waals surface area contributed by atoms with Crippen molar-refractivity contribution in [3.8, 4) is 5.75 Å². The Morgan fingerprint density at radius 1 is 1.44 bits per heavy atom. The van der Waals surface area contributed by atoms with Gasteiger partial charge in [-0.1, -0.05) is 0 Å². The molecule has 0 aliphatic carbocycles. The van der Waals surface area contributed by atoms with E-state index >= 15 is 0 Å². The monoisotopic (exact) mass is 345 g/mol. The molecule has 2 heterocycles. The Balaban J connectivity index is 1.83. The van der Waals surface area contributed by atoms with E-state index in [4.69, 9.17) is 4.74 Å². The van der Waals surface area contributed by atoms with Gasteiger partial charge >= 0.3 is 0 Å². The molecular formula is C15H15N5O5. The summed E-state index contributed by atoms with van der Waals surface area (Å²) in [6.07, 6.45) is 0. The number of fused-ring (bicyclic) bond motifs is 1. The van der Waals surface area contributed by atoms with Crippen molar-refractivity contribution < 1.29 is 19.2 Å². The van der Waals surface area contributed by atoms with Gasteiger partial charge in [-0.3, -0.25) is 29.3 Å². The molecule has 0 unspecified atom stereocenters. The number of amides is 2. The molecule has 1 N–H and O–H groups in total. The molecule has 0 saturated heterocycles. The quantitative estimate of drug-likeness (QED) is 0.652. The molecular weight excluding hydrogens is 330 g/mol. The minimum atomic E-state index is -0.573. The van der Waals surface area contributed by atoms with Crippen LogP contribution in [-0.4, -0.2) is 39.7 Å². The second-order valence-corrected chi connectivity index (χ2v) is 5.52. The van der Waals surface area contributed by atoms with E-state index in [-0.39, 0.29) is 24.5 Å². The highest BCUT2D eigenvalue weighted by Gasteiger charge is 2.29. The van der Waals surface area contributed by atoms with Crippen molar-refractivity contribution in [3.05, 3.63) is 40.1 Å². The standard InChI is InChI=1S/C15H15N5O5/c1-9-5-13(18(2)17-9)16-14(21)7-19-11-6-10(20(23)24)3-4-12(11)25-8-15(19)22/h3-6H,7-8H2,1-2H3,(H,16,21). The highest BCUT2D eigenvalue weighted by molar-refractivity contribution is 6.05. The molecule has 0 fully saturated rings. The van der Waals surface area contributed by atoms with Crippen molar-refractivity contribution in [2.24, 2.45) is 7.05 Å². The van der Waals surface area contributed by atoms with Gasteiger partial charge in [-0.2, -0.15) is 5.10 Å². The van der Waals surface area contributed by atoms with E-state index in [1.54, 1.807) is 20.0 Å². The van der Waals surface area contributed by atoms with Gasteiger partial charge in [0.25, 0.3) is 11.6 Å². The number of ether oxygens (including phenoxy) is 1. The number of carbonyl (C=O) groups excluding carboxylic acids is 2. The van der Waals surface area contributed by atoms with Crippen molar-refractivity contribution in [2.45, 2.75) is 6.92 Å². The molecule has 0 bridgehead atoms. The maximum absolute atomic E-state index is 12.3. The second-order valence-electron chi connectivity index (χ2n) is 5.52. The van der Waals surface area contributed by atoms with Crippen LogP contribution in [0.3, 0.4) is 0 Å². The van der Waals surface area contributed by atoms with E-state index in [1.807, 2.05) is 0 Å². The van der Waals surface area contributed by atoms with Crippen LogP contribution in [0.25, 0.3) is 0 Å². The van der Waals surface area contributed by atoms with Crippen LogP contribution in [0, 0.1) is 17.0 Å². The Morgan fingerprint density at radius 3 is 2.84 bits per heavy atom. The summed E-state index contributed by atoms with van der Waals surface area (Å²) in [6.45, 7) is 1.26. The number of rotatable bonds is 4. The molecule has 0 radical (unpaired) electrons. The number of nitrogens with one attached hydrogen (secondary N) is 1. The van der Waals surface area contributed by atoms with E-state index in [2.05, 4.69) is 10.4 Å². The molecule has 10 heteroatoms. The maximum Gasteiger partial charge on any atom is 0.271 e. The molecule has 0 saturated carbocycles. The van der Waals surface area contributed by atoms with Crippen LogP contribution in [0.4, 0.5) is 17.2 Å². The van der Waals surface area contributed by atoms with Gasteiger partial charge in [0, 0.05) is 25.2 Å². The van der Waals surface area contributed by atoms with Crippen LogP contribution >= 0.6 is 0 Å². The van der Waals surface area contributed by atoms with Crippen molar-refractivity contribution in [1.82, 2.24) is 9.78 Å². The van der Waals surface area contributed by atoms with Crippen LogP contribution in [0.5, 0.6) is 5.75 Å². The van der Waals surface area contributed by atoms with E-state index in [9.17, 15) is 19.7 Å². The van der Waals surface area contributed by atoms with E-state index in [0.717, 1.165) is 5.69 Å². The fraction of sp³-hybridized carbons (Fsp3) is 0.267. The molecule has 0 atom stereocenters. The van der Waals surface area contributed by atoms with E-state index in [1.165, 1.54) is 27.8 Å². The number of nitro benzene ring substituents is 1. The summed E-state index contributed by atoms with van der Waals surface area (Å²) in [4.78, 5) is 36.0. The van der Waals surface area contributed by atoms with Crippen molar-refractivity contribution in [1.29, 1.82) is 0 Å². The first-order valence-corrected chi connectivity index (χ1v) is 7.37. The lowest BCUT2D eigenvalue weighted by Gasteiger charge is -2.28. The Hall–Kier alpha value is -3.43. The van der Waals surface area contributed by atoms with E-state index < -0.39 is 16.7 Å². The molecule has 0 spiro atoms. The summed E-state index contributed by atoms with van der Waals surface area (Å²) in [5, 5.41) is 17.7. The number of hydrogen-bond acceptors (Lipinski definition) is 6. The maximum atomic E-state index is 12.3. The Morgan fingerprint density at radius 2 is 2.20 bits per heavy atom. The SMILES string of the molecule is Cc1cc(NC(=O)CN2C(=O)COc3ccc([N+](=O)[O-])cc32)n(C)n1. The molecule has 25 heavy (non-hydrogen) atoms. The number of nitrogens with zero attached hydrogens (tertiary/aromatic N) is 4. The summed E-state index contributed by atoms with van der Waals surface area (Å²) < 4.78 is 6.77. The predicted molar refractivity (Wildman–Crippen MR) is 87.5 cm³/mol.